The molecule has 0 heterocycles. The molecule has 1 aromatic rings. The fourth-order valence-electron chi connectivity index (χ4n) is 3.02. The van der Waals surface area contributed by atoms with E-state index in [-0.39, 0.29) is 11.3 Å². The van der Waals surface area contributed by atoms with Crippen molar-refractivity contribution in [2.24, 2.45) is 11.1 Å². The van der Waals surface area contributed by atoms with Gasteiger partial charge in [-0.1, -0.05) is 43.2 Å². The molecule has 2 rings (SSSR count). The van der Waals surface area contributed by atoms with Crippen LogP contribution in [0.2, 0.25) is 0 Å². The first kappa shape index (κ1) is 14.1. The maximum absolute atomic E-state index is 12.8. The van der Waals surface area contributed by atoms with Gasteiger partial charge >= 0.3 is 0 Å². The molecule has 1 saturated carbocycles. The van der Waals surface area contributed by atoms with Gasteiger partial charge in [-0.2, -0.15) is 0 Å². The second kappa shape index (κ2) is 6.20. The van der Waals surface area contributed by atoms with E-state index in [9.17, 15) is 4.79 Å². The lowest BCUT2D eigenvalue weighted by molar-refractivity contribution is -0.141. The van der Waals surface area contributed by atoms with E-state index in [0.29, 0.717) is 13.1 Å². The Kier molecular flexibility index (Phi) is 4.59. The van der Waals surface area contributed by atoms with E-state index in [2.05, 4.69) is 12.1 Å². The van der Waals surface area contributed by atoms with E-state index in [1.165, 1.54) is 5.56 Å². The van der Waals surface area contributed by atoms with Crippen molar-refractivity contribution in [2.75, 3.05) is 13.1 Å². The average Bonchev–Trinajstić information content (AvgIpc) is 2.95. The zero-order chi connectivity index (χ0) is 13.7. The zero-order valence-electron chi connectivity index (χ0n) is 11.8. The van der Waals surface area contributed by atoms with Gasteiger partial charge in [-0.3, -0.25) is 4.79 Å². The first-order chi connectivity index (χ1) is 9.22. The Balaban J connectivity index is 2.11. The minimum Gasteiger partial charge on any atom is -0.338 e. The van der Waals surface area contributed by atoms with Crippen LogP contribution >= 0.6 is 0 Å². The topological polar surface area (TPSA) is 46.3 Å². The summed E-state index contributed by atoms with van der Waals surface area (Å²) in [5, 5.41) is 0. The number of carbonyl (C=O) groups is 1. The smallest absolute Gasteiger partial charge is 0.230 e. The molecule has 0 unspecified atom stereocenters. The predicted octanol–water partition coefficient (Wildman–Crippen LogP) is 2.55. The Morgan fingerprint density at radius 1 is 1.26 bits per heavy atom. The second-order valence-corrected chi connectivity index (χ2v) is 5.50. The van der Waals surface area contributed by atoms with Crippen LogP contribution in [0, 0.1) is 5.41 Å². The van der Waals surface area contributed by atoms with E-state index in [1.54, 1.807) is 0 Å². The molecule has 0 aliphatic heterocycles. The fraction of sp³-hybridized carbons (Fsp3) is 0.562. The third-order valence-electron chi connectivity index (χ3n) is 4.29. The first-order valence-corrected chi connectivity index (χ1v) is 7.25. The van der Waals surface area contributed by atoms with Gasteiger partial charge in [0.05, 0.1) is 5.41 Å². The summed E-state index contributed by atoms with van der Waals surface area (Å²) >= 11 is 0. The molecule has 3 heteroatoms. The molecule has 3 nitrogen and oxygen atoms in total. The minimum absolute atomic E-state index is 0.249. The van der Waals surface area contributed by atoms with Crippen molar-refractivity contribution in [3.8, 4) is 0 Å². The van der Waals surface area contributed by atoms with Gasteiger partial charge in [0.15, 0.2) is 0 Å². The maximum Gasteiger partial charge on any atom is 0.230 e. The Bertz CT molecular complexity index is 410. The number of hydrogen-bond donors (Lipinski definition) is 1. The molecule has 0 radical (unpaired) electrons. The van der Waals surface area contributed by atoms with E-state index in [0.717, 1.165) is 32.2 Å². The lowest BCUT2D eigenvalue weighted by Crippen LogP contribution is -2.46. The van der Waals surface area contributed by atoms with Crippen LogP contribution in [0.5, 0.6) is 0 Å². The average molecular weight is 260 g/mol. The van der Waals surface area contributed by atoms with Gasteiger partial charge in [0.2, 0.25) is 5.91 Å². The van der Waals surface area contributed by atoms with E-state index >= 15 is 0 Å². The molecule has 1 amide bonds. The predicted molar refractivity (Wildman–Crippen MR) is 77.5 cm³/mol. The lowest BCUT2D eigenvalue weighted by atomic mass is 9.84. The van der Waals surface area contributed by atoms with Crippen molar-refractivity contribution in [3.63, 3.8) is 0 Å². The molecular formula is C16H24N2O. The van der Waals surface area contributed by atoms with Crippen molar-refractivity contribution < 1.29 is 4.79 Å². The Morgan fingerprint density at radius 2 is 1.89 bits per heavy atom. The van der Waals surface area contributed by atoms with Gasteiger partial charge in [-0.05, 0) is 25.3 Å². The lowest BCUT2D eigenvalue weighted by Gasteiger charge is -2.33. The Morgan fingerprint density at radius 3 is 2.42 bits per heavy atom. The summed E-state index contributed by atoms with van der Waals surface area (Å²) in [4.78, 5) is 14.7. The normalized spacial score (nSPS) is 17.4. The van der Waals surface area contributed by atoms with Crippen molar-refractivity contribution >= 4 is 5.91 Å². The molecule has 1 aromatic carbocycles. The van der Waals surface area contributed by atoms with Gasteiger partial charge in [0, 0.05) is 19.6 Å². The summed E-state index contributed by atoms with van der Waals surface area (Å²) in [6.07, 6.45) is 4.17. The third-order valence-corrected chi connectivity index (χ3v) is 4.29. The molecule has 1 aliphatic carbocycles. The molecule has 19 heavy (non-hydrogen) atoms. The summed E-state index contributed by atoms with van der Waals surface area (Å²) in [7, 11) is 0. The van der Waals surface area contributed by atoms with Crippen LogP contribution in [0.1, 0.15) is 38.2 Å². The summed E-state index contributed by atoms with van der Waals surface area (Å²) in [5.41, 5.74) is 6.80. The summed E-state index contributed by atoms with van der Waals surface area (Å²) in [6.45, 7) is 3.96. The van der Waals surface area contributed by atoms with Crippen LogP contribution < -0.4 is 5.73 Å². The van der Waals surface area contributed by atoms with Crippen LogP contribution in [0.25, 0.3) is 0 Å². The van der Waals surface area contributed by atoms with E-state index < -0.39 is 0 Å². The van der Waals surface area contributed by atoms with Gasteiger partial charge in [-0.15, -0.1) is 0 Å². The molecule has 2 N–H and O–H groups in total. The quantitative estimate of drug-likeness (QED) is 0.884. The Labute approximate surface area is 115 Å². The number of carbonyl (C=O) groups excluding carboxylic acids is 1. The number of benzene rings is 1. The van der Waals surface area contributed by atoms with Crippen LogP contribution in [0.15, 0.2) is 30.3 Å². The number of hydrogen-bond acceptors (Lipinski definition) is 2. The largest absolute Gasteiger partial charge is 0.338 e. The van der Waals surface area contributed by atoms with Crippen LogP contribution in [-0.2, 0) is 11.3 Å². The monoisotopic (exact) mass is 260 g/mol. The summed E-state index contributed by atoms with van der Waals surface area (Å²) in [5.74, 6) is 0.249. The van der Waals surface area contributed by atoms with Crippen molar-refractivity contribution in [1.82, 2.24) is 4.90 Å². The molecular weight excluding hydrogens is 236 g/mol. The minimum atomic E-state index is -0.287. The molecule has 0 aromatic heterocycles. The van der Waals surface area contributed by atoms with Crippen molar-refractivity contribution in [3.05, 3.63) is 35.9 Å². The molecule has 1 aliphatic rings. The van der Waals surface area contributed by atoms with Crippen molar-refractivity contribution in [2.45, 2.75) is 39.2 Å². The van der Waals surface area contributed by atoms with Gasteiger partial charge in [0.1, 0.15) is 0 Å². The zero-order valence-corrected chi connectivity index (χ0v) is 11.8. The second-order valence-electron chi connectivity index (χ2n) is 5.50. The summed E-state index contributed by atoms with van der Waals surface area (Å²) < 4.78 is 0. The molecule has 0 saturated heterocycles. The highest BCUT2D eigenvalue weighted by molar-refractivity contribution is 5.83. The fourth-order valence-corrected chi connectivity index (χ4v) is 3.02. The highest BCUT2D eigenvalue weighted by Crippen LogP contribution is 2.39. The number of nitrogens with two attached hydrogens (primary N) is 1. The number of amides is 1. The van der Waals surface area contributed by atoms with E-state index in [1.807, 2.05) is 30.0 Å². The van der Waals surface area contributed by atoms with Crippen molar-refractivity contribution in [1.29, 1.82) is 0 Å². The van der Waals surface area contributed by atoms with Gasteiger partial charge < -0.3 is 10.6 Å². The molecule has 1 fully saturated rings. The van der Waals surface area contributed by atoms with Crippen LogP contribution in [0.3, 0.4) is 0 Å². The molecule has 0 bridgehead atoms. The molecule has 104 valence electrons. The standard InChI is InChI=1S/C16H24N2O/c1-2-18(12-14-8-4-3-5-9-14)15(19)16(13-17)10-6-7-11-16/h3-5,8-9H,2,6-7,10-13,17H2,1H3. The maximum atomic E-state index is 12.8. The number of nitrogens with zero attached hydrogens (tertiary/aromatic N) is 1. The van der Waals surface area contributed by atoms with Gasteiger partial charge in [0.25, 0.3) is 0 Å². The third kappa shape index (κ3) is 2.98. The summed E-state index contributed by atoms with van der Waals surface area (Å²) in [6, 6.07) is 10.2. The van der Waals surface area contributed by atoms with E-state index in [4.69, 9.17) is 5.73 Å². The molecule has 0 atom stereocenters. The van der Waals surface area contributed by atoms with Crippen LogP contribution in [-0.4, -0.2) is 23.9 Å². The SMILES string of the molecule is CCN(Cc1ccccc1)C(=O)C1(CN)CCCC1. The highest BCUT2D eigenvalue weighted by atomic mass is 16.2. The molecule has 0 spiro atoms. The van der Waals surface area contributed by atoms with Gasteiger partial charge in [-0.25, -0.2) is 0 Å². The Hall–Kier alpha value is -1.35. The highest BCUT2D eigenvalue weighted by Gasteiger charge is 2.41. The number of rotatable bonds is 5. The first-order valence-electron chi connectivity index (χ1n) is 7.25. The van der Waals surface area contributed by atoms with Crippen LogP contribution in [0.4, 0.5) is 0 Å².